The van der Waals surface area contributed by atoms with Crippen LogP contribution in [0.4, 0.5) is 11.5 Å². The lowest BCUT2D eigenvalue weighted by Gasteiger charge is -2.13. The number of carbonyl (C=O) groups is 1. The number of hydrogen-bond donors (Lipinski definition) is 3. The number of benzene rings is 2. The first-order valence-electron chi connectivity index (χ1n) is 10.6. The molecule has 34 heavy (non-hydrogen) atoms. The highest BCUT2D eigenvalue weighted by Gasteiger charge is 2.12. The number of nitrogens with one attached hydrogen (secondary N) is 2. The molecule has 0 bridgehead atoms. The predicted octanol–water partition coefficient (Wildman–Crippen LogP) is 4.91. The molecule has 3 aromatic heterocycles. The van der Waals surface area contributed by atoms with Gasteiger partial charge in [-0.2, -0.15) is 0 Å². The number of fused-ring (bicyclic) bond motifs is 2. The number of anilines is 2. The Morgan fingerprint density at radius 3 is 2.91 bits per heavy atom. The second-order valence-corrected chi connectivity index (χ2v) is 8.92. The highest BCUT2D eigenvalue weighted by Crippen LogP contribution is 2.37. The summed E-state index contributed by atoms with van der Waals surface area (Å²) in [6.45, 7) is 1.34. The third-order valence-corrected chi connectivity index (χ3v) is 6.43. The Bertz CT molecular complexity index is 1480. The number of nitrogens with two attached hydrogens (primary N) is 1. The van der Waals surface area contributed by atoms with Gasteiger partial charge in [0.15, 0.2) is 5.82 Å². The van der Waals surface area contributed by atoms with Gasteiger partial charge in [-0.1, -0.05) is 17.7 Å². The molecule has 0 atom stereocenters. The second-order valence-electron chi connectivity index (χ2n) is 7.57. The summed E-state index contributed by atoms with van der Waals surface area (Å²) in [5.74, 6) is 1.60. The molecule has 4 N–H and O–H groups in total. The molecule has 0 unspecified atom stereocenters. The first-order valence-corrected chi connectivity index (χ1v) is 11.8. The van der Waals surface area contributed by atoms with Crippen LogP contribution in [0.2, 0.25) is 5.02 Å². The van der Waals surface area contributed by atoms with Crippen LogP contribution in [-0.2, 0) is 11.3 Å². The van der Waals surface area contributed by atoms with E-state index in [0.29, 0.717) is 29.7 Å². The maximum atomic E-state index is 10.9. The molecular formula is C24H21ClN6O2S. The molecule has 0 aliphatic rings. The van der Waals surface area contributed by atoms with Crippen molar-refractivity contribution in [1.29, 1.82) is 0 Å². The first-order chi connectivity index (χ1) is 16.6. The van der Waals surface area contributed by atoms with E-state index in [0.717, 1.165) is 32.6 Å². The van der Waals surface area contributed by atoms with Gasteiger partial charge in [0.2, 0.25) is 5.91 Å². The van der Waals surface area contributed by atoms with Crippen molar-refractivity contribution in [3.8, 4) is 11.5 Å². The number of thiophene rings is 1. The van der Waals surface area contributed by atoms with Gasteiger partial charge in [0.1, 0.15) is 23.3 Å². The SMILES string of the molecule is NC(=O)CNCCn1ccc2ncnc(Nc3ccc(Oc4cccc5sccc45)c(Cl)c3)c21. The number of rotatable bonds is 9. The van der Waals surface area contributed by atoms with Crippen LogP contribution < -0.4 is 21.1 Å². The Balaban J connectivity index is 1.35. The van der Waals surface area contributed by atoms with Crippen LogP contribution in [0.5, 0.6) is 11.5 Å². The van der Waals surface area contributed by atoms with E-state index in [1.54, 1.807) is 17.4 Å². The Morgan fingerprint density at radius 1 is 1.15 bits per heavy atom. The molecule has 0 saturated carbocycles. The predicted molar refractivity (Wildman–Crippen MR) is 136 cm³/mol. The zero-order valence-corrected chi connectivity index (χ0v) is 19.6. The quantitative estimate of drug-likeness (QED) is 0.252. The van der Waals surface area contributed by atoms with Crippen LogP contribution >= 0.6 is 22.9 Å². The topological polar surface area (TPSA) is 107 Å². The summed E-state index contributed by atoms with van der Waals surface area (Å²) in [7, 11) is 0. The summed E-state index contributed by atoms with van der Waals surface area (Å²) >= 11 is 8.23. The van der Waals surface area contributed by atoms with Gasteiger partial charge in [0.05, 0.1) is 17.1 Å². The van der Waals surface area contributed by atoms with E-state index in [-0.39, 0.29) is 12.5 Å². The molecule has 5 aromatic rings. The summed E-state index contributed by atoms with van der Waals surface area (Å²) in [5, 5.41) is 9.92. The number of hydrogen-bond acceptors (Lipinski definition) is 7. The number of nitrogens with zero attached hydrogens (tertiary/aromatic N) is 3. The number of ether oxygens (including phenoxy) is 1. The highest BCUT2D eigenvalue weighted by molar-refractivity contribution is 7.17. The van der Waals surface area contributed by atoms with Gasteiger partial charge in [-0.05, 0) is 47.8 Å². The molecular weight excluding hydrogens is 472 g/mol. The number of carbonyl (C=O) groups excluding carboxylic acids is 1. The van der Waals surface area contributed by atoms with E-state index in [1.807, 2.05) is 52.5 Å². The Morgan fingerprint density at radius 2 is 2.06 bits per heavy atom. The minimum absolute atomic E-state index is 0.134. The average molecular weight is 493 g/mol. The van der Waals surface area contributed by atoms with Crippen molar-refractivity contribution in [2.24, 2.45) is 5.73 Å². The second kappa shape index (κ2) is 9.68. The molecule has 3 heterocycles. The van der Waals surface area contributed by atoms with Gasteiger partial charge in [-0.3, -0.25) is 4.79 Å². The summed E-state index contributed by atoms with van der Waals surface area (Å²) < 4.78 is 9.29. The van der Waals surface area contributed by atoms with Crippen LogP contribution in [-0.4, -0.2) is 33.5 Å². The maximum absolute atomic E-state index is 10.9. The van der Waals surface area contributed by atoms with E-state index in [1.165, 1.54) is 6.33 Å². The van der Waals surface area contributed by atoms with Gasteiger partial charge in [-0.25, -0.2) is 9.97 Å². The largest absolute Gasteiger partial charge is 0.455 e. The van der Waals surface area contributed by atoms with E-state index in [4.69, 9.17) is 22.1 Å². The van der Waals surface area contributed by atoms with Crippen molar-refractivity contribution >= 4 is 61.5 Å². The summed E-state index contributed by atoms with van der Waals surface area (Å²) in [6.07, 6.45) is 3.45. The summed E-state index contributed by atoms with van der Waals surface area (Å²) in [5.41, 5.74) is 7.61. The van der Waals surface area contributed by atoms with Gasteiger partial charge in [0.25, 0.3) is 0 Å². The molecule has 5 rings (SSSR count). The Kier molecular flexibility index (Phi) is 6.31. The highest BCUT2D eigenvalue weighted by atomic mass is 35.5. The average Bonchev–Trinajstić information content (AvgIpc) is 3.47. The van der Waals surface area contributed by atoms with Crippen molar-refractivity contribution in [2.45, 2.75) is 6.54 Å². The van der Waals surface area contributed by atoms with Crippen LogP contribution in [0.25, 0.3) is 21.1 Å². The normalized spacial score (nSPS) is 11.2. The monoisotopic (exact) mass is 492 g/mol. The van der Waals surface area contributed by atoms with Crippen molar-refractivity contribution in [3.63, 3.8) is 0 Å². The molecule has 2 aromatic carbocycles. The molecule has 0 radical (unpaired) electrons. The minimum atomic E-state index is -0.389. The molecule has 0 fully saturated rings. The summed E-state index contributed by atoms with van der Waals surface area (Å²) in [6, 6.07) is 15.5. The lowest BCUT2D eigenvalue weighted by Crippen LogP contribution is -2.30. The molecule has 10 heteroatoms. The first kappa shape index (κ1) is 22.1. The van der Waals surface area contributed by atoms with Gasteiger partial charge in [-0.15, -0.1) is 11.3 Å². The van der Waals surface area contributed by atoms with E-state index in [9.17, 15) is 4.79 Å². The number of amides is 1. The fourth-order valence-electron chi connectivity index (χ4n) is 3.69. The standard InChI is InChI=1S/C24H21ClN6O2S/c25-17-12-15(4-5-20(17)33-19-2-1-3-21-16(19)7-11-34-21)30-24-23-18(28-14-29-24)6-9-31(23)10-8-27-13-22(26)32/h1-7,9,11-12,14,27H,8,10,13H2,(H2,26,32)(H,28,29,30). The van der Waals surface area contributed by atoms with Gasteiger partial charge < -0.3 is 25.7 Å². The molecule has 0 aliphatic carbocycles. The summed E-state index contributed by atoms with van der Waals surface area (Å²) in [4.78, 5) is 19.7. The van der Waals surface area contributed by atoms with E-state index in [2.05, 4.69) is 26.7 Å². The molecule has 172 valence electrons. The van der Waals surface area contributed by atoms with Crippen LogP contribution in [0, 0.1) is 0 Å². The van der Waals surface area contributed by atoms with E-state index >= 15 is 0 Å². The molecule has 1 amide bonds. The van der Waals surface area contributed by atoms with Crippen molar-refractivity contribution < 1.29 is 9.53 Å². The number of halogens is 1. The Labute approximate surface area is 204 Å². The fraction of sp³-hybridized carbons (Fsp3) is 0.125. The lowest BCUT2D eigenvalue weighted by molar-refractivity contribution is -0.117. The zero-order chi connectivity index (χ0) is 23.5. The smallest absolute Gasteiger partial charge is 0.231 e. The zero-order valence-electron chi connectivity index (χ0n) is 18.0. The molecule has 8 nitrogen and oxygen atoms in total. The molecule has 0 aliphatic heterocycles. The number of primary amides is 1. The molecule has 0 spiro atoms. The third kappa shape index (κ3) is 4.67. The van der Waals surface area contributed by atoms with Crippen molar-refractivity contribution in [1.82, 2.24) is 19.9 Å². The van der Waals surface area contributed by atoms with Crippen molar-refractivity contribution in [3.05, 3.63) is 71.5 Å². The van der Waals surface area contributed by atoms with Gasteiger partial charge in [0, 0.05) is 35.1 Å². The molecule has 0 saturated heterocycles. The van der Waals surface area contributed by atoms with Crippen LogP contribution in [0.3, 0.4) is 0 Å². The fourth-order valence-corrected chi connectivity index (χ4v) is 4.72. The van der Waals surface area contributed by atoms with E-state index < -0.39 is 0 Å². The van der Waals surface area contributed by atoms with Crippen LogP contribution in [0.15, 0.2) is 66.4 Å². The number of aromatic nitrogens is 3. The van der Waals surface area contributed by atoms with Crippen LogP contribution in [0.1, 0.15) is 0 Å². The lowest BCUT2D eigenvalue weighted by atomic mass is 10.2. The third-order valence-electron chi connectivity index (χ3n) is 5.25. The van der Waals surface area contributed by atoms with Crippen molar-refractivity contribution in [2.75, 3.05) is 18.4 Å². The minimum Gasteiger partial charge on any atom is -0.455 e. The van der Waals surface area contributed by atoms with Gasteiger partial charge >= 0.3 is 0 Å². The Hall–Kier alpha value is -3.66. The maximum Gasteiger partial charge on any atom is 0.231 e.